The van der Waals surface area contributed by atoms with E-state index < -0.39 is 24.0 Å². The number of hydrogen-bond acceptors (Lipinski definition) is 2. The highest BCUT2D eigenvalue weighted by Crippen LogP contribution is 2.18. The molecule has 0 aliphatic carbocycles. The van der Waals surface area contributed by atoms with Gasteiger partial charge in [0.15, 0.2) is 11.6 Å². The molecule has 0 bridgehead atoms. The Balaban J connectivity index is 2.84. The van der Waals surface area contributed by atoms with Crippen LogP contribution in [0.1, 0.15) is 6.92 Å². The van der Waals surface area contributed by atoms with Gasteiger partial charge >= 0.3 is 6.98 Å². The summed E-state index contributed by atoms with van der Waals surface area (Å²) in [6, 6.07) is 2.11. The molecule has 2 nitrogen and oxygen atoms in total. The normalized spacial score (nSPS) is 13.5. The highest BCUT2D eigenvalue weighted by atomic mass is 19.4. The molecule has 0 saturated heterocycles. The first kappa shape index (κ1) is 13.8. The number of rotatable bonds is 5. The lowest BCUT2D eigenvalue weighted by Crippen LogP contribution is -2.34. The van der Waals surface area contributed by atoms with E-state index in [4.69, 9.17) is 9.47 Å². The molecule has 1 unspecified atom stereocenters. The van der Waals surface area contributed by atoms with Gasteiger partial charge in [0.1, 0.15) is 6.61 Å². The monoisotopic (exact) mass is 251 g/mol. The standard InChI is InChI=1S/C10H12BF4O2/c1-7(16-2)6-17-10-5-8(11(13,14)15)3-4-9(10)12/h3-5,7H,6H2,1-2H3/q-1. The number of methoxy groups -OCH3 is 1. The Kier molecular flexibility index (Phi) is 4.39. The Hall–Kier alpha value is -1.24. The van der Waals surface area contributed by atoms with Crippen molar-refractivity contribution in [3.05, 3.63) is 24.0 Å². The minimum Gasteiger partial charge on any atom is -0.488 e. The van der Waals surface area contributed by atoms with E-state index in [1.807, 2.05) is 0 Å². The Morgan fingerprint density at radius 2 is 1.94 bits per heavy atom. The van der Waals surface area contributed by atoms with Crippen LogP contribution in [-0.4, -0.2) is 26.8 Å². The molecule has 0 amide bonds. The summed E-state index contributed by atoms with van der Waals surface area (Å²) in [6.07, 6.45) is -0.325. The lowest BCUT2D eigenvalue weighted by atomic mass is 9.80. The highest BCUT2D eigenvalue weighted by molar-refractivity contribution is 6.73. The maximum Gasteiger partial charge on any atom is 0.509 e. The molecule has 1 aromatic carbocycles. The fourth-order valence-electron chi connectivity index (χ4n) is 1.11. The largest absolute Gasteiger partial charge is 0.509 e. The van der Waals surface area contributed by atoms with Gasteiger partial charge in [0.05, 0.1) is 6.10 Å². The van der Waals surface area contributed by atoms with E-state index in [1.54, 1.807) is 6.92 Å². The summed E-state index contributed by atoms with van der Waals surface area (Å²) < 4.78 is 60.2. The number of ether oxygens (including phenoxy) is 2. The van der Waals surface area contributed by atoms with E-state index in [-0.39, 0.29) is 12.7 Å². The van der Waals surface area contributed by atoms with Crippen LogP contribution in [0.4, 0.5) is 17.3 Å². The van der Waals surface area contributed by atoms with Crippen molar-refractivity contribution < 1.29 is 26.8 Å². The molecule has 7 heteroatoms. The SMILES string of the molecule is COC(C)COc1cc([B-](F)(F)F)ccc1F. The van der Waals surface area contributed by atoms with Crippen LogP contribution in [0.5, 0.6) is 5.75 Å². The predicted octanol–water partition coefficient (Wildman–Crippen LogP) is 2.29. The molecular weight excluding hydrogens is 239 g/mol. The zero-order valence-corrected chi connectivity index (χ0v) is 9.42. The maximum absolute atomic E-state index is 13.2. The predicted molar refractivity (Wildman–Crippen MR) is 57.1 cm³/mol. The van der Waals surface area contributed by atoms with Crippen molar-refractivity contribution in [2.24, 2.45) is 0 Å². The average Bonchev–Trinajstić information content (AvgIpc) is 2.26. The first-order valence-corrected chi connectivity index (χ1v) is 4.99. The maximum atomic E-state index is 13.2. The van der Waals surface area contributed by atoms with Gasteiger partial charge in [0, 0.05) is 7.11 Å². The molecule has 0 saturated carbocycles. The quantitative estimate of drug-likeness (QED) is 0.590. The minimum atomic E-state index is -5.15. The van der Waals surface area contributed by atoms with Gasteiger partial charge in [0.2, 0.25) is 0 Å². The van der Waals surface area contributed by atoms with Crippen LogP contribution < -0.4 is 10.2 Å². The molecule has 17 heavy (non-hydrogen) atoms. The van der Waals surface area contributed by atoms with Crippen LogP contribution in [0.3, 0.4) is 0 Å². The van der Waals surface area contributed by atoms with Crippen molar-refractivity contribution in [2.75, 3.05) is 13.7 Å². The third kappa shape index (κ3) is 3.92. The van der Waals surface area contributed by atoms with Gasteiger partial charge in [-0.15, -0.1) is 5.46 Å². The van der Waals surface area contributed by atoms with Crippen molar-refractivity contribution in [3.63, 3.8) is 0 Å². The topological polar surface area (TPSA) is 18.5 Å². The van der Waals surface area contributed by atoms with Crippen LogP contribution in [0, 0.1) is 5.82 Å². The van der Waals surface area contributed by atoms with Gasteiger partial charge in [-0.1, -0.05) is 6.07 Å². The Labute approximate surface area is 96.6 Å². The average molecular weight is 251 g/mol. The van der Waals surface area contributed by atoms with Gasteiger partial charge in [-0.3, -0.25) is 0 Å². The molecule has 0 N–H and O–H groups in total. The molecule has 0 aliphatic heterocycles. The molecule has 0 heterocycles. The fourth-order valence-corrected chi connectivity index (χ4v) is 1.11. The molecule has 0 spiro atoms. The van der Waals surface area contributed by atoms with E-state index in [2.05, 4.69) is 0 Å². The summed E-state index contributed by atoms with van der Waals surface area (Å²) in [5, 5.41) is 0. The molecule has 0 aromatic heterocycles. The van der Waals surface area contributed by atoms with Crippen molar-refractivity contribution in [2.45, 2.75) is 13.0 Å². The summed E-state index contributed by atoms with van der Waals surface area (Å²) in [6.45, 7) is -3.50. The molecule has 1 atom stereocenters. The van der Waals surface area contributed by atoms with Crippen LogP contribution in [0.25, 0.3) is 0 Å². The molecule has 1 aromatic rings. The third-order valence-corrected chi connectivity index (χ3v) is 2.21. The summed E-state index contributed by atoms with van der Waals surface area (Å²) in [5.74, 6) is -1.23. The second-order valence-corrected chi connectivity index (χ2v) is 3.62. The molecule has 1 rings (SSSR count). The second kappa shape index (κ2) is 5.40. The fraction of sp³-hybridized carbons (Fsp3) is 0.400. The lowest BCUT2D eigenvalue weighted by molar-refractivity contribution is 0.0702. The van der Waals surface area contributed by atoms with Crippen molar-refractivity contribution >= 4 is 12.4 Å². The Morgan fingerprint density at radius 3 is 2.47 bits per heavy atom. The second-order valence-electron chi connectivity index (χ2n) is 3.62. The van der Waals surface area contributed by atoms with Gasteiger partial charge < -0.3 is 22.4 Å². The van der Waals surface area contributed by atoms with Crippen LogP contribution in [0.2, 0.25) is 0 Å². The molecule has 0 aliphatic rings. The van der Waals surface area contributed by atoms with Gasteiger partial charge in [0.25, 0.3) is 0 Å². The Morgan fingerprint density at radius 1 is 1.29 bits per heavy atom. The zero-order valence-electron chi connectivity index (χ0n) is 9.42. The van der Waals surface area contributed by atoms with E-state index in [0.29, 0.717) is 12.1 Å². The first-order valence-electron chi connectivity index (χ1n) is 4.99. The number of benzene rings is 1. The summed E-state index contributed by atoms with van der Waals surface area (Å²) in [7, 11) is 1.43. The van der Waals surface area contributed by atoms with E-state index >= 15 is 0 Å². The van der Waals surface area contributed by atoms with Crippen molar-refractivity contribution in [3.8, 4) is 5.75 Å². The zero-order chi connectivity index (χ0) is 13.1. The van der Waals surface area contributed by atoms with Crippen molar-refractivity contribution in [1.82, 2.24) is 0 Å². The summed E-state index contributed by atoms with van der Waals surface area (Å²) in [5.41, 5.74) is -0.883. The van der Waals surface area contributed by atoms with Gasteiger partial charge in [-0.2, -0.15) is 0 Å². The van der Waals surface area contributed by atoms with E-state index in [1.165, 1.54) is 7.11 Å². The third-order valence-electron chi connectivity index (χ3n) is 2.21. The number of halogens is 4. The van der Waals surface area contributed by atoms with E-state index in [0.717, 1.165) is 6.07 Å². The molecule has 0 radical (unpaired) electrons. The van der Waals surface area contributed by atoms with Gasteiger partial charge in [-0.25, -0.2) is 4.39 Å². The summed E-state index contributed by atoms with van der Waals surface area (Å²) in [4.78, 5) is 0. The first-order chi connectivity index (χ1) is 7.84. The van der Waals surface area contributed by atoms with Crippen LogP contribution in [0.15, 0.2) is 18.2 Å². The van der Waals surface area contributed by atoms with Gasteiger partial charge in [-0.05, 0) is 19.1 Å². The molecular formula is C10H12BF4O2-. The lowest BCUT2D eigenvalue weighted by Gasteiger charge is -2.17. The summed E-state index contributed by atoms with van der Waals surface area (Å²) >= 11 is 0. The highest BCUT2D eigenvalue weighted by Gasteiger charge is 2.26. The number of hydrogen-bond donors (Lipinski definition) is 0. The molecule has 0 fully saturated rings. The van der Waals surface area contributed by atoms with Crippen LogP contribution in [-0.2, 0) is 4.74 Å². The Bertz CT molecular complexity index is 381. The smallest absolute Gasteiger partial charge is 0.488 e. The van der Waals surface area contributed by atoms with Crippen molar-refractivity contribution in [1.29, 1.82) is 0 Å². The minimum absolute atomic E-state index is 0.0122. The molecule has 96 valence electrons. The van der Waals surface area contributed by atoms with Crippen LogP contribution >= 0.6 is 0 Å². The van der Waals surface area contributed by atoms with E-state index in [9.17, 15) is 17.3 Å².